The number of carbonyl (C=O) groups excluding carboxylic acids is 1. The first-order valence-corrected chi connectivity index (χ1v) is 10.4. The Morgan fingerprint density at radius 3 is 2.66 bits per heavy atom. The van der Waals surface area contributed by atoms with Gasteiger partial charge in [0.2, 0.25) is 5.91 Å². The predicted octanol–water partition coefficient (Wildman–Crippen LogP) is 3.22. The molecule has 1 saturated heterocycles. The van der Waals surface area contributed by atoms with Crippen LogP contribution >= 0.6 is 24.0 Å². The first-order valence-electron chi connectivity index (χ1n) is 10.4. The zero-order chi connectivity index (χ0) is 22.1. The molecule has 9 heteroatoms. The highest BCUT2D eigenvalue weighted by Crippen LogP contribution is 2.18. The van der Waals surface area contributed by atoms with Crippen LogP contribution in [0.5, 0.6) is 5.75 Å². The van der Waals surface area contributed by atoms with Crippen molar-refractivity contribution in [2.24, 2.45) is 10.9 Å². The van der Waals surface area contributed by atoms with Gasteiger partial charge in [0.15, 0.2) is 17.6 Å². The fourth-order valence-electron chi connectivity index (χ4n) is 3.48. The zero-order valence-electron chi connectivity index (χ0n) is 18.0. The van der Waals surface area contributed by atoms with Crippen molar-refractivity contribution in [1.29, 1.82) is 0 Å². The average Bonchev–Trinajstić information content (AvgIpc) is 3.14. The van der Waals surface area contributed by atoms with Gasteiger partial charge in [0.05, 0.1) is 6.54 Å². The third-order valence-electron chi connectivity index (χ3n) is 5.14. The van der Waals surface area contributed by atoms with E-state index in [-0.39, 0.29) is 48.2 Å². The van der Waals surface area contributed by atoms with E-state index in [1.54, 1.807) is 7.05 Å². The van der Waals surface area contributed by atoms with E-state index in [0.717, 1.165) is 31.6 Å². The molecule has 1 atom stereocenters. The van der Waals surface area contributed by atoms with Crippen molar-refractivity contribution in [2.45, 2.75) is 12.8 Å². The van der Waals surface area contributed by atoms with E-state index in [0.29, 0.717) is 25.5 Å². The van der Waals surface area contributed by atoms with Crippen LogP contribution in [-0.4, -0.2) is 56.6 Å². The molecule has 0 bridgehead atoms. The second kappa shape index (κ2) is 13.2. The molecule has 1 aliphatic rings. The normalized spacial score (nSPS) is 16.0. The van der Waals surface area contributed by atoms with Gasteiger partial charge in [-0.2, -0.15) is 0 Å². The van der Waals surface area contributed by atoms with Crippen LogP contribution in [0.15, 0.2) is 53.5 Å². The Hall–Kier alpha value is -2.43. The van der Waals surface area contributed by atoms with Gasteiger partial charge in [-0.05, 0) is 24.1 Å². The van der Waals surface area contributed by atoms with Crippen molar-refractivity contribution >= 4 is 35.8 Å². The molecule has 2 aromatic carbocycles. The topological polar surface area (TPSA) is 66.0 Å². The van der Waals surface area contributed by atoms with Crippen LogP contribution in [0.1, 0.15) is 12.0 Å². The van der Waals surface area contributed by atoms with Gasteiger partial charge in [0, 0.05) is 45.1 Å². The predicted molar refractivity (Wildman–Crippen MR) is 131 cm³/mol. The van der Waals surface area contributed by atoms with Crippen LogP contribution in [-0.2, 0) is 11.2 Å². The highest BCUT2D eigenvalue weighted by atomic mass is 127. The largest absolute Gasteiger partial charge is 0.492 e. The first kappa shape index (κ1) is 25.8. The van der Waals surface area contributed by atoms with E-state index in [4.69, 9.17) is 4.74 Å². The maximum Gasteiger partial charge on any atom is 0.223 e. The molecule has 1 heterocycles. The van der Waals surface area contributed by atoms with E-state index in [1.165, 1.54) is 11.6 Å². The molecule has 174 valence electrons. The lowest BCUT2D eigenvalue weighted by Crippen LogP contribution is -2.41. The van der Waals surface area contributed by atoms with E-state index < -0.39 is 11.6 Å². The summed E-state index contributed by atoms with van der Waals surface area (Å²) in [6.07, 6.45) is 1.38. The quantitative estimate of drug-likeness (QED) is 0.215. The summed E-state index contributed by atoms with van der Waals surface area (Å²) >= 11 is 0. The fourth-order valence-corrected chi connectivity index (χ4v) is 3.48. The SMILES string of the molecule is CN=C(NCCOc1ccc(F)c(F)c1)NCC1CC(=O)N(CCc2ccccc2)C1.I. The number of rotatable bonds is 9. The molecule has 0 radical (unpaired) electrons. The molecule has 6 nitrogen and oxygen atoms in total. The van der Waals surface area contributed by atoms with Crippen molar-refractivity contribution in [1.82, 2.24) is 15.5 Å². The van der Waals surface area contributed by atoms with Gasteiger partial charge in [-0.25, -0.2) is 8.78 Å². The van der Waals surface area contributed by atoms with Gasteiger partial charge < -0.3 is 20.3 Å². The number of aliphatic imine (C=N–C) groups is 1. The van der Waals surface area contributed by atoms with Crippen LogP contribution in [0, 0.1) is 17.6 Å². The second-order valence-corrected chi connectivity index (χ2v) is 7.45. The Kier molecular flexibility index (Phi) is 10.6. The van der Waals surface area contributed by atoms with Gasteiger partial charge >= 0.3 is 0 Å². The summed E-state index contributed by atoms with van der Waals surface area (Å²) in [4.78, 5) is 18.4. The first-order chi connectivity index (χ1) is 15.0. The maximum atomic E-state index is 13.2. The Labute approximate surface area is 204 Å². The van der Waals surface area contributed by atoms with Gasteiger partial charge in [-0.1, -0.05) is 30.3 Å². The summed E-state index contributed by atoms with van der Waals surface area (Å²) < 4.78 is 31.5. The summed E-state index contributed by atoms with van der Waals surface area (Å²) in [5, 5.41) is 6.34. The Balaban J connectivity index is 0.00000363. The summed E-state index contributed by atoms with van der Waals surface area (Å²) in [5.41, 5.74) is 1.23. The number of likely N-dealkylation sites (tertiary alicyclic amines) is 1. The molecule has 0 aromatic heterocycles. The summed E-state index contributed by atoms with van der Waals surface area (Å²) in [5.74, 6) is -0.565. The zero-order valence-corrected chi connectivity index (χ0v) is 20.4. The molecule has 3 rings (SSSR count). The van der Waals surface area contributed by atoms with Crippen molar-refractivity contribution in [2.75, 3.05) is 39.8 Å². The second-order valence-electron chi connectivity index (χ2n) is 7.45. The van der Waals surface area contributed by atoms with Gasteiger partial charge in [-0.3, -0.25) is 9.79 Å². The number of carbonyl (C=O) groups is 1. The van der Waals surface area contributed by atoms with Crippen molar-refractivity contribution in [3.63, 3.8) is 0 Å². The molecule has 0 aliphatic carbocycles. The number of halogens is 3. The highest BCUT2D eigenvalue weighted by Gasteiger charge is 2.29. The van der Waals surface area contributed by atoms with Crippen molar-refractivity contribution in [3.8, 4) is 5.75 Å². The van der Waals surface area contributed by atoms with Crippen LogP contribution < -0.4 is 15.4 Å². The summed E-state index contributed by atoms with van der Waals surface area (Å²) in [6, 6.07) is 13.6. The lowest BCUT2D eigenvalue weighted by atomic mass is 10.1. The van der Waals surface area contributed by atoms with E-state index in [2.05, 4.69) is 27.8 Å². The minimum Gasteiger partial charge on any atom is -0.492 e. The molecule has 2 N–H and O–H groups in total. The van der Waals surface area contributed by atoms with Crippen LogP contribution in [0.4, 0.5) is 8.78 Å². The lowest BCUT2D eigenvalue weighted by molar-refractivity contribution is -0.127. The number of amides is 1. The average molecular weight is 558 g/mol. The highest BCUT2D eigenvalue weighted by molar-refractivity contribution is 14.0. The minimum atomic E-state index is -0.938. The van der Waals surface area contributed by atoms with Crippen LogP contribution in [0.3, 0.4) is 0 Å². The summed E-state index contributed by atoms with van der Waals surface area (Å²) in [7, 11) is 1.66. The Morgan fingerprint density at radius 1 is 1.16 bits per heavy atom. The fraction of sp³-hybridized carbons (Fsp3) is 0.391. The number of nitrogens with zero attached hydrogens (tertiary/aromatic N) is 2. The Morgan fingerprint density at radius 2 is 1.94 bits per heavy atom. The molecule has 1 fully saturated rings. The van der Waals surface area contributed by atoms with Gasteiger partial charge in [-0.15, -0.1) is 24.0 Å². The number of benzene rings is 2. The van der Waals surface area contributed by atoms with Crippen LogP contribution in [0.25, 0.3) is 0 Å². The van der Waals surface area contributed by atoms with Gasteiger partial charge in [0.1, 0.15) is 12.4 Å². The summed E-state index contributed by atoms with van der Waals surface area (Å²) in [6.45, 7) is 2.80. The van der Waals surface area contributed by atoms with Crippen LogP contribution in [0.2, 0.25) is 0 Å². The number of hydrogen-bond donors (Lipinski definition) is 2. The van der Waals surface area contributed by atoms with Gasteiger partial charge in [0.25, 0.3) is 0 Å². The number of nitrogens with one attached hydrogen (secondary N) is 2. The molecular weight excluding hydrogens is 529 g/mol. The molecule has 2 aromatic rings. The molecule has 0 saturated carbocycles. The maximum absolute atomic E-state index is 13.2. The molecule has 0 spiro atoms. The minimum absolute atomic E-state index is 0. The number of ether oxygens (including phenoxy) is 1. The molecular formula is C23H29F2IN4O2. The molecule has 1 unspecified atom stereocenters. The number of hydrogen-bond acceptors (Lipinski definition) is 3. The van der Waals surface area contributed by atoms with E-state index in [9.17, 15) is 13.6 Å². The monoisotopic (exact) mass is 558 g/mol. The van der Waals surface area contributed by atoms with Crippen molar-refractivity contribution < 1.29 is 18.3 Å². The Bertz CT molecular complexity index is 899. The lowest BCUT2D eigenvalue weighted by Gasteiger charge is -2.18. The molecule has 32 heavy (non-hydrogen) atoms. The van der Waals surface area contributed by atoms with E-state index in [1.807, 2.05) is 23.1 Å². The molecule has 1 aliphatic heterocycles. The van der Waals surface area contributed by atoms with E-state index >= 15 is 0 Å². The third kappa shape index (κ3) is 7.92. The molecule has 1 amide bonds. The number of guanidine groups is 1. The standard InChI is InChI=1S/C23H28F2N4O2.HI/c1-26-23(27-10-12-31-19-7-8-20(24)21(25)14-19)28-15-18-13-22(30)29(16-18)11-9-17-5-3-2-4-6-17;/h2-8,14,18H,9-13,15-16H2,1H3,(H2,26,27,28);1H. The third-order valence-corrected chi connectivity index (χ3v) is 5.14. The smallest absolute Gasteiger partial charge is 0.223 e. The van der Waals surface area contributed by atoms with Crippen molar-refractivity contribution in [3.05, 3.63) is 65.7 Å².